The van der Waals surface area contributed by atoms with Gasteiger partial charge in [-0.25, -0.2) is 22.8 Å². The number of alkyl halides is 3. The van der Waals surface area contributed by atoms with Gasteiger partial charge in [0.05, 0.1) is 27.6 Å². The lowest BCUT2D eigenvalue weighted by atomic mass is 9.67. The van der Waals surface area contributed by atoms with E-state index in [9.17, 15) is 26.4 Å². The van der Waals surface area contributed by atoms with Crippen LogP contribution in [0.2, 0.25) is 5.02 Å². The Morgan fingerprint density at radius 1 is 1.09 bits per heavy atom. The van der Waals surface area contributed by atoms with Crippen molar-refractivity contribution in [2.45, 2.75) is 25.1 Å². The van der Waals surface area contributed by atoms with Crippen molar-refractivity contribution in [2.75, 3.05) is 16.8 Å². The Kier molecular flexibility index (Phi) is 4.58. The quantitative estimate of drug-likeness (QED) is 0.612. The predicted octanol–water partition coefficient (Wildman–Crippen LogP) is 3.44. The molecule has 168 valence electrons. The number of halogens is 4. The molecule has 32 heavy (non-hydrogen) atoms. The second-order valence-electron chi connectivity index (χ2n) is 8.38. The highest BCUT2D eigenvalue weighted by Gasteiger charge is 2.56. The molecule has 0 radical (unpaired) electrons. The normalized spacial score (nSPS) is 19.5. The van der Waals surface area contributed by atoms with Crippen LogP contribution in [0.4, 0.5) is 19.0 Å². The average Bonchev–Trinajstić information content (AvgIpc) is 2.65. The Morgan fingerprint density at radius 3 is 2.41 bits per heavy atom. The number of nitrogens with zero attached hydrogens (tertiary/aromatic N) is 3. The van der Waals surface area contributed by atoms with Gasteiger partial charge in [-0.1, -0.05) is 23.7 Å². The maximum absolute atomic E-state index is 13.3. The first-order chi connectivity index (χ1) is 15.0. The summed E-state index contributed by atoms with van der Waals surface area (Å²) in [5, 5.41) is 3.47. The largest absolute Gasteiger partial charge is 0.433 e. The fourth-order valence-corrected chi connectivity index (χ4v) is 7.10. The summed E-state index contributed by atoms with van der Waals surface area (Å²) < 4.78 is 64.0. The fraction of sp³-hybridized carbons (Fsp3) is 0.350. The fourth-order valence-electron chi connectivity index (χ4n) is 4.63. The Labute approximate surface area is 185 Å². The van der Waals surface area contributed by atoms with Crippen LogP contribution in [0.15, 0.2) is 41.2 Å². The SMILES string of the molecule is O=c1nc(NC2CC3(C2)CS(=O)(=O)C3)c2ccc(C(F)(F)F)nc2n1-c1ccccc1Cl. The van der Waals surface area contributed by atoms with Gasteiger partial charge < -0.3 is 5.32 Å². The standard InChI is InChI=1S/C20H16ClF3N4O3S/c21-13-3-1-2-4-14(13)28-17-12(5-6-15(26-17)20(22,23)24)16(27-18(28)29)25-11-7-19(8-11)9-32(30,31)10-19/h1-6,11H,7-10H2,(H,25,27,29). The zero-order chi connectivity index (χ0) is 22.9. The first-order valence-corrected chi connectivity index (χ1v) is 11.9. The van der Waals surface area contributed by atoms with Crippen molar-refractivity contribution < 1.29 is 21.6 Å². The monoisotopic (exact) mass is 484 g/mol. The number of para-hydroxylation sites is 1. The minimum Gasteiger partial charge on any atom is -0.367 e. The molecule has 1 N–H and O–H groups in total. The summed E-state index contributed by atoms with van der Waals surface area (Å²) in [6.07, 6.45) is -3.55. The highest BCUT2D eigenvalue weighted by atomic mass is 35.5. The average molecular weight is 485 g/mol. The van der Waals surface area contributed by atoms with Gasteiger partial charge in [0.25, 0.3) is 0 Å². The lowest BCUT2D eigenvalue weighted by Crippen LogP contribution is -2.60. The van der Waals surface area contributed by atoms with E-state index in [4.69, 9.17) is 11.6 Å². The Hall–Kier alpha value is -2.66. The number of hydrogen-bond acceptors (Lipinski definition) is 6. The number of hydrogen-bond donors (Lipinski definition) is 1. The van der Waals surface area contributed by atoms with Gasteiger partial charge in [0.15, 0.2) is 15.5 Å². The summed E-state index contributed by atoms with van der Waals surface area (Å²) in [4.78, 5) is 20.7. The molecule has 0 unspecified atom stereocenters. The van der Waals surface area contributed by atoms with E-state index in [1.807, 2.05) is 0 Å². The summed E-state index contributed by atoms with van der Waals surface area (Å²) in [7, 11) is -2.97. The number of sulfone groups is 1. The molecular formula is C20H16ClF3N4O3S. The van der Waals surface area contributed by atoms with E-state index in [-0.39, 0.29) is 50.5 Å². The molecule has 1 saturated heterocycles. The van der Waals surface area contributed by atoms with Crippen molar-refractivity contribution in [1.29, 1.82) is 0 Å². The van der Waals surface area contributed by atoms with E-state index in [1.165, 1.54) is 18.2 Å². The maximum atomic E-state index is 13.3. The van der Waals surface area contributed by atoms with Gasteiger partial charge >= 0.3 is 11.9 Å². The minimum atomic E-state index is -4.71. The number of aromatic nitrogens is 3. The van der Waals surface area contributed by atoms with E-state index >= 15 is 0 Å². The molecular weight excluding hydrogens is 469 g/mol. The molecule has 2 aliphatic rings. The van der Waals surface area contributed by atoms with Crippen LogP contribution in [0.3, 0.4) is 0 Å². The number of benzene rings is 1. The van der Waals surface area contributed by atoms with E-state index < -0.39 is 27.4 Å². The third-order valence-corrected chi connectivity index (χ3v) is 8.30. The molecule has 5 rings (SSSR count). The zero-order valence-corrected chi connectivity index (χ0v) is 17.9. The number of rotatable bonds is 3. The topological polar surface area (TPSA) is 93.9 Å². The molecule has 1 aliphatic carbocycles. The van der Waals surface area contributed by atoms with E-state index in [0.717, 1.165) is 10.6 Å². The van der Waals surface area contributed by atoms with Crippen LogP contribution >= 0.6 is 11.6 Å². The second kappa shape index (κ2) is 6.92. The molecule has 7 nitrogen and oxygen atoms in total. The van der Waals surface area contributed by atoms with Gasteiger partial charge in [0.2, 0.25) is 0 Å². The molecule has 0 bridgehead atoms. The molecule has 1 aliphatic heterocycles. The molecule has 2 fully saturated rings. The third-order valence-electron chi connectivity index (χ3n) is 5.88. The van der Waals surface area contributed by atoms with E-state index in [2.05, 4.69) is 15.3 Å². The third kappa shape index (κ3) is 3.53. The van der Waals surface area contributed by atoms with Crippen LogP contribution in [0.25, 0.3) is 16.7 Å². The van der Waals surface area contributed by atoms with Gasteiger partial charge in [-0.2, -0.15) is 18.2 Å². The van der Waals surface area contributed by atoms with Crippen molar-refractivity contribution in [3.05, 3.63) is 57.6 Å². The molecule has 1 spiro atoms. The summed E-state index contributed by atoms with van der Waals surface area (Å²) in [5.74, 6) is 0.380. The van der Waals surface area contributed by atoms with Crippen molar-refractivity contribution in [3.8, 4) is 5.69 Å². The lowest BCUT2D eigenvalue weighted by molar-refractivity contribution is -0.141. The first-order valence-electron chi connectivity index (χ1n) is 9.69. The number of pyridine rings is 1. The smallest absolute Gasteiger partial charge is 0.367 e. The predicted molar refractivity (Wildman–Crippen MR) is 113 cm³/mol. The van der Waals surface area contributed by atoms with Crippen molar-refractivity contribution >= 4 is 38.3 Å². The first kappa shape index (κ1) is 21.2. The van der Waals surface area contributed by atoms with Crippen LogP contribution < -0.4 is 11.0 Å². The summed E-state index contributed by atoms with van der Waals surface area (Å²) >= 11 is 6.19. The molecule has 1 saturated carbocycles. The number of anilines is 1. The van der Waals surface area contributed by atoms with Crippen molar-refractivity contribution in [3.63, 3.8) is 0 Å². The van der Waals surface area contributed by atoms with Crippen LogP contribution in [0, 0.1) is 5.41 Å². The molecule has 12 heteroatoms. The second-order valence-corrected chi connectivity index (χ2v) is 10.8. The number of fused-ring (bicyclic) bond motifs is 1. The van der Waals surface area contributed by atoms with Gasteiger partial charge in [-0.05, 0) is 37.1 Å². The Bertz CT molecular complexity index is 1400. The van der Waals surface area contributed by atoms with E-state index in [0.29, 0.717) is 12.8 Å². The van der Waals surface area contributed by atoms with Crippen LogP contribution in [-0.2, 0) is 16.0 Å². The summed E-state index contributed by atoms with van der Waals surface area (Å²) in [6, 6.07) is 8.14. The van der Waals surface area contributed by atoms with Crippen LogP contribution in [0.5, 0.6) is 0 Å². The Balaban J connectivity index is 1.59. The number of nitrogens with one attached hydrogen (secondary N) is 1. The van der Waals surface area contributed by atoms with Gasteiger partial charge in [-0.15, -0.1) is 0 Å². The van der Waals surface area contributed by atoms with Crippen molar-refractivity contribution in [2.24, 2.45) is 5.41 Å². The summed E-state index contributed by atoms with van der Waals surface area (Å²) in [5.41, 5.74) is -2.29. The highest BCUT2D eigenvalue weighted by molar-refractivity contribution is 7.92. The molecule has 3 heterocycles. The van der Waals surface area contributed by atoms with Crippen LogP contribution in [0.1, 0.15) is 18.5 Å². The highest BCUT2D eigenvalue weighted by Crippen LogP contribution is 2.50. The zero-order valence-electron chi connectivity index (χ0n) is 16.4. The van der Waals surface area contributed by atoms with Gasteiger partial charge in [0.1, 0.15) is 11.5 Å². The van der Waals surface area contributed by atoms with E-state index in [1.54, 1.807) is 12.1 Å². The lowest BCUT2D eigenvalue weighted by Gasteiger charge is -2.53. The molecule has 0 amide bonds. The molecule has 0 atom stereocenters. The van der Waals surface area contributed by atoms with Gasteiger partial charge in [0, 0.05) is 11.5 Å². The van der Waals surface area contributed by atoms with Crippen LogP contribution in [-0.4, -0.2) is 40.5 Å². The Morgan fingerprint density at radius 2 is 1.78 bits per heavy atom. The maximum Gasteiger partial charge on any atom is 0.433 e. The minimum absolute atomic E-state index is 0.108. The van der Waals surface area contributed by atoms with Gasteiger partial charge in [-0.3, -0.25) is 0 Å². The molecule has 3 aromatic rings. The van der Waals surface area contributed by atoms with Crippen molar-refractivity contribution in [1.82, 2.24) is 14.5 Å². The summed E-state index contributed by atoms with van der Waals surface area (Å²) in [6.45, 7) is 0. The molecule has 1 aromatic carbocycles. The molecule has 2 aromatic heterocycles.